The number of carbonyl (C=O) groups excluding carboxylic acids is 1. The topological polar surface area (TPSA) is 84.1 Å². The second-order valence-corrected chi connectivity index (χ2v) is 4.98. The molecular weight excluding hydrogens is 230 g/mol. The number of rotatable bonds is 5. The van der Waals surface area contributed by atoms with E-state index in [2.05, 4.69) is 29.1 Å². The van der Waals surface area contributed by atoms with Gasteiger partial charge in [0, 0.05) is 24.8 Å². The molecule has 1 amide bonds. The van der Waals surface area contributed by atoms with Crippen LogP contribution in [-0.4, -0.2) is 46.5 Å². The Morgan fingerprint density at radius 1 is 1.56 bits per heavy atom. The van der Waals surface area contributed by atoms with E-state index in [4.69, 9.17) is 5.73 Å². The predicted molar refractivity (Wildman–Crippen MR) is 69.2 cm³/mol. The molecule has 3 N–H and O–H groups in total. The minimum Gasteiger partial charge on any atom is -0.369 e. The van der Waals surface area contributed by atoms with Crippen molar-refractivity contribution < 1.29 is 4.79 Å². The minimum atomic E-state index is -0.280. The van der Waals surface area contributed by atoms with Crippen LogP contribution in [0.5, 0.6) is 0 Å². The Labute approximate surface area is 107 Å². The lowest BCUT2D eigenvalue weighted by atomic mass is 10.1. The zero-order valence-electron chi connectivity index (χ0n) is 10.8. The van der Waals surface area contributed by atoms with E-state index < -0.39 is 0 Å². The number of aromatic nitrogens is 2. The third-order valence-corrected chi connectivity index (χ3v) is 2.97. The number of primary amides is 1. The summed E-state index contributed by atoms with van der Waals surface area (Å²) in [7, 11) is 0. The second-order valence-electron chi connectivity index (χ2n) is 4.98. The van der Waals surface area contributed by atoms with Crippen molar-refractivity contribution in [2.24, 2.45) is 5.73 Å². The standard InChI is InChI=1S/C12H19N5O/c1-8(2)10-3-12(15-7-14-10)16-9-4-17(5-9)6-11(13)18/h3,7-9H,4-6H2,1-2H3,(H2,13,18)(H,14,15,16). The van der Waals surface area contributed by atoms with Crippen LogP contribution in [0.4, 0.5) is 5.82 Å². The summed E-state index contributed by atoms with van der Waals surface area (Å²) >= 11 is 0. The van der Waals surface area contributed by atoms with Gasteiger partial charge < -0.3 is 11.1 Å². The molecule has 1 fully saturated rings. The molecule has 0 unspecified atom stereocenters. The molecule has 2 heterocycles. The Kier molecular flexibility index (Phi) is 3.76. The highest BCUT2D eigenvalue weighted by molar-refractivity contribution is 5.76. The zero-order valence-corrected chi connectivity index (χ0v) is 10.8. The van der Waals surface area contributed by atoms with Crippen LogP contribution < -0.4 is 11.1 Å². The van der Waals surface area contributed by atoms with Gasteiger partial charge in [0.15, 0.2) is 0 Å². The first-order valence-corrected chi connectivity index (χ1v) is 6.13. The first-order chi connectivity index (χ1) is 8.54. The predicted octanol–water partition coefficient (Wildman–Crippen LogP) is 0.181. The van der Waals surface area contributed by atoms with Gasteiger partial charge in [0.05, 0.1) is 12.6 Å². The smallest absolute Gasteiger partial charge is 0.231 e. The zero-order chi connectivity index (χ0) is 13.1. The monoisotopic (exact) mass is 249 g/mol. The Balaban J connectivity index is 1.85. The lowest BCUT2D eigenvalue weighted by Gasteiger charge is -2.38. The summed E-state index contributed by atoms with van der Waals surface area (Å²) in [6.45, 7) is 6.18. The van der Waals surface area contributed by atoms with E-state index in [9.17, 15) is 4.79 Å². The number of amides is 1. The molecule has 1 aliphatic rings. The van der Waals surface area contributed by atoms with Crippen LogP contribution >= 0.6 is 0 Å². The Morgan fingerprint density at radius 3 is 2.89 bits per heavy atom. The van der Waals surface area contributed by atoms with Gasteiger partial charge >= 0.3 is 0 Å². The van der Waals surface area contributed by atoms with Crippen molar-refractivity contribution in [3.63, 3.8) is 0 Å². The summed E-state index contributed by atoms with van der Waals surface area (Å²) in [5.74, 6) is 0.955. The van der Waals surface area contributed by atoms with Crippen LogP contribution in [0.3, 0.4) is 0 Å². The fourth-order valence-corrected chi connectivity index (χ4v) is 1.99. The second kappa shape index (κ2) is 5.30. The Morgan fingerprint density at radius 2 is 2.28 bits per heavy atom. The first kappa shape index (κ1) is 12.8. The molecule has 6 nitrogen and oxygen atoms in total. The van der Waals surface area contributed by atoms with Crippen molar-refractivity contribution in [3.05, 3.63) is 18.1 Å². The van der Waals surface area contributed by atoms with Crippen molar-refractivity contribution >= 4 is 11.7 Å². The van der Waals surface area contributed by atoms with Crippen LogP contribution in [0.15, 0.2) is 12.4 Å². The van der Waals surface area contributed by atoms with E-state index in [1.165, 1.54) is 0 Å². The maximum Gasteiger partial charge on any atom is 0.231 e. The first-order valence-electron chi connectivity index (χ1n) is 6.13. The molecule has 1 aromatic heterocycles. The number of nitrogens with two attached hydrogens (primary N) is 1. The third-order valence-electron chi connectivity index (χ3n) is 2.97. The number of anilines is 1. The van der Waals surface area contributed by atoms with Crippen molar-refractivity contribution in [3.8, 4) is 0 Å². The average molecular weight is 249 g/mol. The van der Waals surface area contributed by atoms with E-state index in [1.54, 1.807) is 6.33 Å². The third kappa shape index (κ3) is 3.16. The summed E-state index contributed by atoms with van der Waals surface area (Å²) in [6, 6.07) is 2.31. The van der Waals surface area contributed by atoms with Crippen molar-refractivity contribution in [2.75, 3.05) is 25.0 Å². The van der Waals surface area contributed by atoms with Crippen molar-refractivity contribution in [1.29, 1.82) is 0 Å². The van der Waals surface area contributed by atoms with Gasteiger partial charge in [-0.05, 0) is 5.92 Å². The summed E-state index contributed by atoms with van der Waals surface area (Å²) in [6.07, 6.45) is 1.58. The number of nitrogens with zero attached hydrogens (tertiary/aromatic N) is 3. The summed E-state index contributed by atoms with van der Waals surface area (Å²) in [5.41, 5.74) is 6.16. The Bertz CT molecular complexity index is 428. The largest absolute Gasteiger partial charge is 0.369 e. The van der Waals surface area contributed by atoms with Gasteiger partial charge in [-0.3, -0.25) is 9.69 Å². The minimum absolute atomic E-state index is 0.280. The molecule has 2 rings (SSSR count). The fraction of sp³-hybridized carbons (Fsp3) is 0.583. The van der Waals surface area contributed by atoms with Gasteiger partial charge in [0.1, 0.15) is 12.1 Å². The van der Waals surface area contributed by atoms with Gasteiger partial charge in [0.25, 0.3) is 0 Å². The van der Waals surface area contributed by atoms with E-state index in [1.807, 2.05) is 11.0 Å². The summed E-state index contributed by atoms with van der Waals surface area (Å²) in [4.78, 5) is 21.2. The van der Waals surface area contributed by atoms with Crippen LogP contribution in [0.2, 0.25) is 0 Å². The summed E-state index contributed by atoms with van der Waals surface area (Å²) < 4.78 is 0. The van der Waals surface area contributed by atoms with Crippen LogP contribution in [0.1, 0.15) is 25.5 Å². The number of nitrogens with one attached hydrogen (secondary N) is 1. The maximum absolute atomic E-state index is 10.7. The maximum atomic E-state index is 10.7. The lowest BCUT2D eigenvalue weighted by molar-refractivity contribution is -0.120. The van der Waals surface area contributed by atoms with E-state index >= 15 is 0 Å². The number of hydrogen-bond acceptors (Lipinski definition) is 5. The number of carbonyl (C=O) groups is 1. The molecule has 6 heteroatoms. The highest BCUT2D eigenvalue weighted by Gasteiger charge is 2.27. The van der Waals surface area contributed by atoms with Crippen molar-refractivity contribution in [2.45, 2.75) is 25.8 Å². The highest BCUT2D eigenvalue weighted by atomic mass is 16.1. The van der Waals surface area contributed by atoms with Gasteiger partial charge in [-0.15, -0.1) is 0 Å². The van der Waals surface area contributed by atoms with Crippen LogP contribution in [0.25, 0.3) is 0 Å². The van der Waals surface area contributed by atoms with Crippen LogP contribution in [-0.2, 0) is 4.79 Å². The van der Waals surface area contributed by atoms with Gasteiger partial charge in [-0.25, -0.2) is 9.97 Å². The molecule has 0 aliphatic carbocycles. The molecule has 0 bridgehead atoms. The van der Waals surface area contributed by atoms with Gasteiger partial charge in [-0.2, -0.15) is 0 Å². The Hall–Kier alpha value is -1.69. The molecule has 0 saturated carbocycles. The average Bonchev–Trinajstić information content (AvgIpc) is 2.26. The van der Waals surface area contributed by atoms with E-state index in [0.717, 1.165) is 24.6 Å². The van der Waals surface area contributed by atoms with E-state index in [-0.39, 0.29) is 5.91 Å². The normalized spacial score (nSPS) is 16.6. The molecule has 1 saturated heterocycles. The molecule has 98 valence electrons. The number of likely N-dealkylation sites (tertiary alicyclic amines) is 1. The SMILES string of the molecule is CC(C)c1cc(NC2CN(CC(N)=O)C2)ncn1. The molecule has 0 spiro atoms. The molecule has 0 aromatic carbocycles. The molecule has 18 heavy (non-hydrogen) atoms. The van der Waals surface area contributed by atoms with Gasteiger partial charge in [-0.1, -0.05) is 13.8 Å². The quantitative estimate of drug-likeness (QED) is 0.777. The molecule has 0 atom stereocenters. The molecule has 1 aliphatic heterocycles. The fourth-order valence-electron chi connectivity index (χ4n) is 1.99. The number of hydrogen-bond donors (Lipinski definition) is 2. The van der Waals surface area contributed by atoms with Gasteiger partial charge in [0.2, 0.25) is 5.91 Å². The van der Waals surface area contributed by atoms with Crippen LogP contribution in [0, 0.1) is 0 Å². The van der Waals surface area contributed by atoms with E-state index in [0.29, 0.717) is 18.5 Å². The summed E-state index contributed by atoms with van der Waals surface area (Å²) in [5, 5.41) is 3.33. The molecule has 0 radical (unpaired) electrons. The van der Waals surface area contributed by atoms with Crippen molar-refractivity contribution in [1.82, 2.24) is 14.9 Å². The molecular formula is C12H19N5O. The lowest BCUT2D eigenvalue weighted by Crippen LogP contribution is -2.56. The molecule has 1 aromatic rings. The highest BCUT2D eigenvalue weighted by Crippen LogP contribution is 2.16.